The molecular weight excluding hydrogens is 907 g/mol. The number of ether oxygens (including phenoxy) is 4. The van der Waals surface area contributed by atoms with Gasteiger partial charge in [-0.25, -0.2) is 0 Å². The van der Waals surface area contributed by atoms with Gasteiger partial charge in [-0.3, -0.25) is 4.79 Å². The lowest BCUT2D eigenvalue weighted by Crippen LogP contribution is -2.65. The van der Waals surface area contributed by atoms with Crippen molar-refractivity contribution in [3.8, 4) is 0 Å². The standard InChI is InChI=1S/C57H103NO13/c1-3-5-7-9-11-13-15-17-19-20-21-22-23-24-25-26-27-29-31-33-35-37-39-41-49(62)58-45(46(61)40-38-36-34-32-30-28-18-16-14-12-10-8-6-4-2)44-68-56-54(67)52(65)55(48(43-60)70-56)71-57-53(66)51(64)50(63)47(42-59)69-57/h15,17,20-21,30,32,38,40,45-48,50-57,59-61,63-67H,3-14,16,18-19,22-29,31,33-37,39,41-44H2,1-2H3,(H,58,62)/b17-15-,21-20-,32-30+,40-38+. The Morgan fingerprint density at radius 2 is 0.944 bits per heavy atom. The first-order valence-electron chi connectivity index (χ1n) is 28.4. The highest BCUT2D eigenvalue weighted by Gasteiger charge is 2.51. The van der Waals surface area contributed by atoms with E-state index in [-0.39, 0.29) is 18.9 Å². The molecule has 14 heteroatoms. The van der Waals surface area contributed by atoms with Crippen LogP contribution in [0, 0.1) is 0 Å². The van der Waals surface area contributed by atoms with Gasteiger partial charge in [0, 0.05) is 6.42 Å². The third-order valence-corrected chi connectivity index (χ3v) is 13.7. The highest BCUT2D eigenvalue weighted by Crippen LogP contribution is 2.30. The number of hydrogen-bond donors (Lipinski definition) is 9. The highest BCUT2D eigenvalue weighted by atomic mass is 16.7. The van der Waals surface area contributed by atoms with E-state index in [0.29, 0.717) is 12.8 Å². The van der Waals surface area contributed by atoms with Gasteiger partial charge in [0.2, 0.25) is 5.91 Å². The molecule has 1 amide bonds. The molecule has 2 aliphatic rings. The molecule has 2 heterocycles. The van der Waals surface area contributed by atoms with Crippen LogP contribution in [-0.4, -0.2) is 140 Å². The van der Waals surface area contributed by atoms with Crippen LogP contribution in [0.1, 0.15) is 213 Å². The lowest BCUT2D eigenvalue weighted by atomic mass is 9.97. The number of amides is 1. The van der Waals surface area contributed by atoms with Gasteiger partial charge in [0.05, 0.1) is 32.0 Å². The first kappa shape index (κ1) is 65.1. The molecule has 0 aliphatic carbocycles. The largest absolute Gasteiger partial charge is 0.394 e. The Morgan fingerprint density at radius 1 is 0.507 bits per heavy atom. The van der Waals surface area contributed by atoms with Crippen LogP contribution in [0.25, 0.3) is 0 Å². The molecule has 9 N–H and O–H groups in total. The van der Waals surface area contributed by atoms with Crippen molar-refractivity contribution in [2.75, 3.05) is 19.8 Å². The number of hydrogen-bond acceptors (Lipinski definition) is 13. The summed E-state index contributed by atoms with van der Waals surface area (Å²) in [5.41, 5.74) is 0. The number of aliphatic hydroxyl groups excluding tert-OH is 8. The number of aliphatic hydroxyl groups is 8. The average molecular weight is 1010 g/mol. The van der Waals surface area contributed by atoms with E-state index in [4.69, 9.17) is 18.9 Å². The molecule has 12 unspecified atom stereocenters. The van der Waals surface area contributed by atoms with Crippen LogP contribution >= 0.6 is 0 Å². The highest BCUT2D eigenvalue weighted by molar-refractivity contribution is 5.76. The monoisotopic (exact) mass is 1010 g/mol. The summed E-state index contributed by atoms with van der Waals surface area (Å²) in [7, 11) is 0. The normalized spacial score (nSPS) is 26.1. The average Bonchev–Trinajstić information content (AvgIpc) is 3.37. The van der Waals surface area contributed by atoms with Crippen molar-refractivity contribution in [3.63, 3.8) is 0 Å². The Hall–Kier alpha value is -2.05. The quantitative estimate of drug-likeness (QED) is 0.0206. The Bertz CT molecular complexity index is 1380. The van der Waals surface area contributed by atoms with Crippen molar-refractivity contribution in [2.24, 2.45) is 0 Å². The lowest BCUT2D eigenvalue weighted by Gasteiger charge is -2.46. The molecule has 0 radical (unpaired) electrons. The van der Waals surface area contributed by atoms with E-state index in [2.05, 4.69) is 55.6 Å². The van der Waals surface area contributed by atoms with Crippen molar-refractivity contribution >= 4 is 5.91 Å². The van der Waals surface area contributed by atoms with Crippen LogP contribution in [-0.2, 0) is 23.7 Å². The van der Waals surface area contributed by atoms with Gasteiger partial charge in [-0.05, 0) is 64.2 Å². The summed E-state index contributed by atoms with van der Waals surface area (Å²) in [5, 5.41) is 86.9. The molecule has 0 aromatic rings. The number of allylic oxidation sites excluding steroid dienone is 7. The third kappa shape index (κ3) is 29.6. The molecule has 0 spiro atoms. The first-order chi connectivity index (χ1) is 34.6. The van der Waals surface area contributed by atoms with Crippen LogP contribution in [0.15, 0.2) is 48.6 Å². The van der Waals surface area contributed by atoms with E-state index in [1.54, 1.807) is 6.08 Å². The molecule has 2 saturated heterocycles. The fourth-order valence-corrected chi connectivity index (χ4v) is 9.10. The molecule has 14 nitrogen and oxygen atoms in total. The second kappa shape index (κ2) is 43.2. The van der Waals surface area contributed by atoms with E-state index in [0.717, 1.165) is 38.5 Å². The molecule has 0 saturated carbocycles. The molecule has 2 rings (SSSR count). The van der Waals surface area contributed by atoms with E-state index in [1.165, 1.54) is 141 Å². The van der Waals surface area contributed by atoms with Crippen LogP contribution in [0.4, 0.5) is 0 Å². The summed E-state index contributed by atoms with van der Waals surface area (Å²) < 4.78 is 22.7. The van der Waals surface area contributed by atoms with E-state index in [9.17, 15) is 45.6 Å². The molecule has 71 heavy (non-hydrogen) atoms. The summed E-state index contributed by atoms with van der Waals surface area (Å²) in [6.07, 6.45) is 35.8. The van der Waals surface area contributed by atoms with Gasteiger partial charge in [-0.2, -0.15) is 0 Å². The number of carbonyl (C=O) groups excluding carboxylic acids is 1. The fourth-order valence-electron chi connectivity index (χ4n) is 9.10. The van der Waals surface area contributed by atoms with Gasteiger partial charge in [-0.15, -0.1) is 0 Å². The summed E-state index contributed by atoms with van der Waals surface area (Å²) >= 11 is 0. The smallest absolute Gasteiger partial charge is 0.220 e. The molecule has 0 aromatic heterocycles. The maximum Gasteiger partial charge on any atom is 0.220 e. The summed E-state index contributed by atoms with van der Waals surface area (Å²) in [6, 6.07) is -0.932. The molecule has 2 fully saturated rings. The predicted octanol–water partition coefficient (Wildman–Crippen LogP) is 8.83. The second-order valence-corrected chi connectivity index (χ2v) is 20.1. The van der Waals surface area contributed by atoms with Gasteiger partial charge in [-0.1, -0.05) is 191 Å². The Balaban J connectivity index is 1.78. The number of nitrogens with one attached hydrogen (secondary N) is 1. The number of carbonyl (C=O) groups is 1. The summed E-state index contributed by atoms with van der Waals surface area (Å²) in [5.74, 6) is -0.253. The summed E-state index contributed by atoms with van der Waals surface area (Å²) in [6.45, 7) is 2.75. The minimum absolute atomic E-state index is 0.253. The van der Waals surface area contributed by atoms with Crippen molar-refractivity contribution < 1.29 is 64.6 Å². The third-order valence-electron chi connectivity index (χ3n) is 13.7. The lowest BCUT2D eigenvalue weighted by molar-refractivity contribution is -0.359. The van der Waals surface area contributed by atoms with E-state index >= 15 is 0 Å². The maximum atomic E-state index is 13.2. The Labute approximate surface area is 429 Å². The number of unbranched alkanes of at least 4 members (excludes halogenated alkanes) is 25. The molecule has 2 aliphatic heterocycles. The van der Waals surface area contributed by atoms with Gasteiger partial charge in [0.25, 0.3) is 0 Å². The first-order valence-corrected chi connectivity index (χ1v) is 28.4. The van der Waals surface area contributed by atoms with Crippen LogP contribution in [0.5, 0.6) is 0 Å². The van der Waals surface area contributed by atoms with Gasteiger partial charge in [0.15, 0.2) is 12.6 Å². The minimum Gasteiger partial charge on any atom is -0.394 e. The van der Waals surface area contributed by atoms with Crippen molar-refractivity contribution in [1.29, 1.82) is 0 Å². The molecule has 0 aromatic carbocycles. The van der Waals surface area contributed by atoms with Crippen LogP contribution in [0.2, 0.25) is 0 Å². The Morgan fingerprint density at radius 3 is 1.46 bits per heavy atom. The van der Waals surface area contributed by atoms with E-state index in [1.807, 2.05) is 6.08 Å². The van der Waals surface area contributed by atoms with Crippen LogP contribution < -0.4 is 5.32 Å². The van der Waals surface area contributed by atoms with E-state index < -0.39 is 86.8 Å². The zero-order valence-corrected chi connectivity index (χ0v) is 44.2. The maximum absolute atomic E-state index is 13.2. The zero-order valence-electron chi connectivity index (χ0n) is 44.2. The zero-order chi connectivity index (χ0) is 51.7. The summed E-state index contributed by atoms with van der Waals surface area (Å²) in [4.78, 5) is 13.2. The van der Waals surface area contributed by atoms with Gasteiger partial charge >= 0.3 is 0 Å². The van der Waals surface area contributed by atoms with Crippen LogP contribution in [0.3, 0.4) is 0 Å². The second-order valence-electron chi connectivity index (χ2n) is 20.1. The van der Waals surface area contributed by atoms with Crippen molar-refractivity contribution in [2.45, 2.75) is 286 Å². The van der Waals surface area contributed by atoms with Crippen molar-refractivity contribution in [1.82, 2.24) is 5.32 Å². The van der Waals surface area contributed by atoms with Crippen molar-refractivity contribution in [3.05, 3.63) is 48.6 Å². The number of rotatable bonds is 44. The fraction of sp³-hybridized carbons (Fsp3) is 0.842. The molecule has 12 atom stereocenters. The molecule has 414 valence electrons. The predicted molar refractivity (Wildman–Crippen MR) is 281 cm³/mol. The molecule has 0 bridgehead atoms. The SMILES string of the molecule is CCCCCCC/C=C\C/C=C\CCCCCCCCCCCCCC(=O)NC(COC1OC(CO)C(OC2OC(CO)C(O)C(O)C2O)C(O)C1O)C(O)/C=C/CC/C=C/CCCCCCCCCC. The Kier molecular flexibility index (Phi) is 39.6. The van der Waals surface area contributed by atoms with Gasteiger partial charge in [0.1, 0.15) is 48.8 Å². The minimum atomic E-state index is -1.79. The molecular formula is C57H103NO13. The van der Waals surface area contributed by atoms with Gasteiger partial charge < -0.3 is 65.1 Å². The topological polar surface area (TPSA) is 228 Å².